The van der Waals surface area contributed by atoms with Crippen molar-refractivity contribution < 1.29 is 19.1 Å². The third-order valence-electron chi connectivity index (χ3n) is 6.22. The number of hydrogen-bond donors (Lipinski definition) is 1. The van der Waals surface area contributed by atoms with Crippen molar-refractivity contribution >= 4 is 23.4 Å². The van der Waals surface area contributed by atoms with Crippen LogP contribution >= 0.6 is 0 Å². The first-order chi connectivity index (χ1) is 14.5. The van der Waals surface area contributed by atoms with Crippen LogP contribution in [-0.2, 0) is 14.4 Å². The largest absolute Gasteiger partial charge is 0.490 e. The van der Waals surface area contributed by atoms with E-state index in [1.165, 1.54) is 4.90 Å². The van der Waals surface area contributed by atoms with Crippen LogP contribution in [0.1, 0.15) is 46.0 Å². The Balaban J connectivity index is 1.51. The molecule has 1 heterocycles. The van der Waals surface area contributed by atoms with Gasteiger partial charge < -0.3 is 15.0 Å². The molecule has 1 aromatic rings. The lowest BCUT2D eigenvalue weighted by Gasteiger charge is -2.19. The molecular weight excluding hydrogens is 382 g/mol. The summed E-state index contributed by atoms with van der Waals surface area (Å²) in [5, 5.41) is 2.87. The highest BCUT2D eigenvalue weighted by Crippen LogP contribution is 2.38. The number of imide groups is 1. The van der Waals surface area contributed by atoms with Gasteiger partial charge in [0.05, 0.1) is 17.5 Å². The van der Waals surface area contributed by atoms with Crippen LogP contribution in [0, 0.1) is 11.8 Å². The standard InChI is InChI=1S/C23H33N3O4/c1-3-25(4-2)15-16-30-20-12-8-7-11-19(20)24-21(27)13-14-26-22(28)17-9-5-6-10-18(17)23(26)29/h7-8,11-12,17-18H,3-6,9-10,13-16H2,1-2H3,(H,24,27). The summed E-state index contributed by atoms with van der Waals surface area (Å²) in [5.41, 5.74) is 0.606. The topological polar surface area (TPSA) is 79.0 Å². The molecule has 1 N–H and O–H groups in total. The lowest BCUT2D eigenvalue weighted by atomic mass is 9.81. The van der Waals surface area contributed by atoms with E-state index >= 15 is 0 Å². The molecule has 7 nitrogen and oxygen atoms in total. The molecule has 1 aliphatic heterocycles. The van der Waals surface area contributed by atoms with Crippen LogP contribution in [0.4, 0.5) is 5.69 Å². The maximum absolute atomic E-state index is 12.5. The summed E-state index contributed by atoms with van der Waals surface area (Å²) in [6.07, 6.45) is 3.66. The van der Waals surface area contributed by atoms with Crippen molar-refractivity contribution in [2.75, 3.05) is 38.1 Å². The van der Waals surface area contributed by atoms with E-state index in [4.69, 9.17) is 4.74 Å². The molecule has 0 aromatic heterocycles. The second kappa shape index (κ2) is 10.6. The van der Waals surface area contributed by atoms with Gasteiger partial charge in [-0.15, -0.1) is 0 Å². The predicted octanol–water partition coefficient (Wildman–Crippen LogP) is 2.91. The highest BCUT2D eigenvalue weighted by atomic mass is 16.5. The zero-order valence-corrected chi connectivity index (χ0v) is 18.1. The number of ether oxygens (including phenoxy) is 1. The number of carbonyl (C=O) groups excluding carboxylic acids is 3. The zero-order chi connectivity index (χ0) is 21.5. The van der Waals surface area contributed by atoms with Crippen molar-refractivity contribution in [1.82, 2.24) is 9.80 Å². The maximum atomic E-state index is 12.5. The summed E-state index contributed by atoms with van der Waals surface area (Å²) in [6.45, 7) is 7.65. The molecule has 1 saturated carbocycles. The normalized spacial score (nSPS) is 21.1. The number of rotatable bonds is 10. The maximum Gasteiger partial charge on any atom is 0.233 e. The monoisotopic (exact) mass is 415 g/mol. The first-order valence-electron chi connectivity index (χ1n) is 11.1. The number of hydrogen-bond acceptors (Lipinski definition) is 5. The van der Waals surface area contributed by atoms with Gasteiger partial charge in [-0.05, 0) is 38.1 Å². The van der Waals surface area contributed by atoms with Crippen LogP contribution in [0.25, 0.3) is 0 Å². The summed E-state index contributed by atoms with van der Waals surface area (Å²) in [4.78, 5) is 41.2. The first kappa shape index (κ1) is 22.3. The number of likely N-dealkylation sites (tertiary alicyclic amines) is 1. The van der Waals surface area contributed by atoms with E-state index in [0.29, 0.717) is 18.0 Å². The van der Waals surface area contributed by atoms with Gasteiger partial charge in [-0.2, -0.15) is 0 Å². The van der Waals surface area contributed by atoms with Gasteiger partial charge in [0, 0.05) is 19.5 Å². The van der Waals surface area contributed by atoms with Crippen LogP contribution in [0.5, 0.6) is 5.75 Å². The van der Waals surface area contributed by atoms with E-state index in [0.717, 1.165) is 45.3 Å². The second-order valence-corrected chi connectivity index (χ2v) is 8.00. The van der Waals surface area contributed by atoms with Crippen LogP contribution in [0.2, 0.25) is 0 Å². The fourth-order valence-electron chi connectivity index (χ4n) is 4.40. The van der Waals surface area contributed by atoms with Gasteiger partial charge in [0.2, 0.25) is 17.7 Å². The van der Waals surface area contributed by atoms with E-state index in [-0.39, 0.29) is 42.5 Å². The van der Waals surface area contributed by atoms with Crippen LogP contribution in [0.3, 0.4) is 0 Å². The number of para-hydroxylation sites is 2. The van der Waals surface area contributed by atoms with Gasteiger partial charge in [-0.3, -0.25) is 19.3 Å². The molecule has 0 spiro atoms. The SMILES string of the molecule is CCN(CC)CCOc1ccccc1NC(=O)CCN1C(=O)C2CCCCC2C1=O. The Hall–Kier alpha value is -2.41. The van der Waals surface area contributed by atoms with Crippen LogP contribution in [-0.4, -0.2) is 60.3 Å². The fraction of sp³-hybridized carbons (Fsp3) is 0.609. The minimum atomic E-state index is -0.231. The summed E-state index contributed by atoms with van der Waals surface area (Å²) in [5.74, 6) is -0.152. The third-order valence-corrected chi connectivity index (χ3v) is 6.22. The summed E-state index contributed by atoms with van der Waals surface area (Å²) in [6, 6.07) is 7.33. The van der Waals surface area contributed by atoms with E-state index in [9.17, 15) is 14.4 Å². The summed E-state index contributed by atoms with van der Waals surface area (Å²) in [7, 11) is 0. The van der Waals surface area contributed by atoms with E-state index in [1.807, 2.05) is 18.2 Å². The zero-order valence-electron chi connectivity index (χ0n) is 18.1. The minimum Gasteiger partial charge on any atom is -0.490 e. The molecule has 7 heteroatoms. The highest BCUT2D eigenvalue weighted by Gasteiger charge is 2.47. The van der Waals surface area contributed by atoms with Gasteiger partial charge >= 0.3 is 0 Å². The van der Waals surface area contributed by atoms with Crippen molar-refractivity contribution in [3.8, 4) is 5.75 Å². The number of nitrogens with zero attached hydrogens (tertiary/aromatic N) is 2. The lowest BCUT2D eigenvalue weighted by molar-refractivity contribution is -0.140. The quantitative estimate of drug-likeness (QED) is 0.595. The van der Waals surface area contributed by atoms with Crippen molar-refractivity contribution in [3.63, 3.8) is 0 Å². The van der Waals surface area contributed by atoms with E-state index < -0.39 is 0 Å². The molecule has 3 amide bonds. The molecule has 3 rings (SSSR count). The number of nitrogens with one attached hydrogen (secondary N) is 1. The minimum absolute atomic E-state index is 0.0880. The molecule has 0 radical (unpaired) electrons. The number of benzene rings is 1. The third kappa shape index (κ3) is 5.19. The molecule has 30 heavy (non-hydrogen) atoms. The van der Waals surface area contributed by atoms with Gasteiger partial charge in [0.1, 0.15) is 12.4 Å². The molecule has 2 fully saturated rings. The molecule has 1 saturated heterocycles. The van der Waals surface area contributed by atoms with Crippen LogP contribution < -0.4 is 10.1 Å². The van der Waals surface area contributed by atoms with Gasteiger partial charge in [0.15, 0.2) is 0 Å². The van der Waals surface area contributed by atoms with Crippen molar-refractivity contribution in [1.29, 1.82) is 0 Å². The Labute approximate surface area is 178 Å². The summed E-state index contributed by atoms with van der Waals surface area (Å²) >= 11 is 0. The number of carbonyl (C=O) groups is 3. The molecule has 0 bridgehead atoms. The Kier molecular flexibility index (Phi) is 7.85. The average Bonchev–Trinajstić information content (AvgIpc) is 3.01. The lowest BCUT2D eigenvalue weighted by Crippen LogP contribution is -2.34. The molecular formula is C23H33N3O4. The molecule has 2 atom stereocenters. The molecule has 1 aromatic carbocycles. The average molecular weight is 416 g/mol. The Morgan fingerprint density at radius 3 is 2.37 bits per heavy atom. The smallest absolute Gasteiger partial charge is 0.233 e. The predicted molar refractivity (Wildman–Crippen MR) is 115 cm³/mol. The van der Waals surface area contributed by atoms with Gasteiger partial charge in [-0.1, -0.05) is 38.8 Å². The molecule has 2 aliphatic rings. The molecule has 1 aliphatic carbocycles. The van der Waals surface area contributed by atoms with Crippen molar-refractivity contribution in [2.24, 2.45) is 11.8 Å². The number of likely N-dealkylation sites (N-methyl/N-ethyl adjacent to an activating group) is 1. The Morgan fingerprint density at radius 1 is 1.10 bits per heavy atom. The Bertz CT molecular complexity index is 739. The van der Waals surface area contributed by atoms with Gasteiger partial charge in [-0.25, -0.2) is 0 Å². The molecule has 2 unspecified atom stereocenters. The Morgan fingerprint density at radius 2 is 1.73 bits per heavy atom. The van der Waals surface area contributed by atoms with Crippen molar-refractivity contribution in [2.45, 2.75) is 46.0 Å². The van der Waals surface area contributed by atoms with Crippen LogP contribution in [0.15, 0.2) is 24.3 Å². The number of amides is 3. The first-order valence-corrected chi connectivity index (χ1v) is 11.1. The van der Waals surface area contributed by atoms with E-state index in [1.54, 1.807) is 6.07 Å². The second-order valence-electron chi connectivity index (χ2n) is 8.00. The van der Waals surface area contributed by atoms with E-state index in [2.05, 4.69) is 24.1 Å². The number of fused-ring (bicyclic) bond motifs is 1. The highest BCUT2D eigenvalue weighted by molar-refractivity contribution is 6.05. The summed E-state index contributed by atoms with van der Waals surface area (Å²) < 4.78 is 5.87. The van der Waals surface area contributed by atoms with Gasteiger partial charge in [0.25, 0.3) is 0 Å². The van der Waals surface area contributed by atoms with Crippen molar-refractivity contribution in [3.05, 3.63) is 24.3 Å². The molecule has 164 valence electrons. The fourth-order valence-corrected chi connectivity index (χ4v) is 4.40. The number of anilines is 1.